The average Bonchev–Trinajstić information content (AvgIpc) is 3.15. The van der Waals surface area contributed by atoms with Gasteiger partial charge in [-0.05, 0) is 80.4 Å². The van der Waals surface area contributed by atoms with Crippen molar-refractivity contribution in [2.24, 2.45) is 0 Å². The van der Waals surface area contributed by atoms with Crippen LogP contribution in [-0.2, 0) is 4.79 Å². The number of piperidine rings is 1. The predicted molar refractivity (Wildman–Crippen MR) is 138 cm³/mol. The van der Waals surface area contributed by atoms with E-state index >= 15 is 0 Å². The number of rotatable bonds is 6. The Bertz CT molecular complexity index is 1170. The van der Waals surface area contributed by atoms with Crippen LogP contribution in [0.15, 0.2) is 65.7 Å². The van der Waals surface area contributed by atoms with E-state index in [1.807, 2.05) is 53.6 Å². The van der Waals surface area contributed by atoms with Crippen LogP contribution in [-0.4, -0.2) is 46.9 Å². The lowest BCUT2D eigenvalue weighted by Gasteiger charge is -2.28. The van der Waals surface area contributed by atoms with E-state index in [1.165, 1.54) is 32.4 Å². The molecular weight excluding hydrogens is 450 g/mol. The summed E-state index contributed by atoms with van der Waals surface area (Å²) in [6.07, 6.45) is 8.72. The summed E-state index contributed by atoms with van der Waals surface area (Å²) in [4.78, 5) is 23.4. The highest BCUT2D eigenvalue weighted by atomic mass is 35.5. The summed E-state index contributed by atoms with van der Waals surface area (Å²) in [5.74, 6) is 0.0942. The zero-order chi connectivity index (χ0) is 22.6. The number of carbonyl (C=O) groups excluding carboxylic acids is 1. The maximum Gasteiger partial charge on any atom is 0.261 e. The monoisotopic (exact) mass is 477 g/mol. The lowest BCUT2D eigenvalue weighted by molar-refractivity contribution is -0.126. The van der Waals surface area contributed by atoms with Crippen LogP contribution < -0.4 is 0 Å². The van der Waals surface area contributed by atoms with Gasteiger partial charge >= 0.3 is 0 Å². The number of fused-ring (bicyclic) bond motifs is 1. The summed E-state index contributed by atoms with van der Waals surface area (Å²) in [5, 5.41) is 1.72. The molecule has 0 bridgehead atoms. The van der Waals surface area contributed by atoms with Crippen LogP contribution in [0.3, 0.4) is 0 Å². The molecule has 170 valence electrons. The molecule has 1 unspecified atom stereocenters. The van der Waals surface area contributed by atoms with Gasteiger partial charge in [-0.2, -0.15) is 0 Å². The minimum Gasteiger partial charge on any atom is -0.322 e. The first-order valence-electron chi connectivity index (χ1n) is 11.7. The summed E-state index contributed by atoms with van der Waals surface area (Å²) in [7, 11) is 0. The van der Waals surface area contributed by atoms with Crippen molar-refractivity contribution < 1.29 is 4.79 Å². The van der Waals surface area contributed by atoms with Crippen LogP contribution in [0.1, 0.15) is 42.2 Å². The van der Waals surface area contributed by atoms with Crippen LogP contribution in [0.4, 0.5) is 0 Å². The molecule has 3 aromatic rings. The molecular formula is C27H28ClN3OS. The third-order valence-electron chi connectivity index (χ3n) is 6.36. The van der Waals surface area contributed by atoms with E-state index < -0.39 is 0 Å². The Labute approximate surface area is 204 Å². The van der Waals surface area contributed by atoms with Gasteiger partial charge in [-0.3, -0.25) is 9.78 Å². The van der Waals surface area contributed by atoms with Crippen molar-refractivity contribution in [1.82, 2.24) is 14.8 Å². The number of amides is 1. The molecule has 1 amide bonds. The van der Waals surface area contributed by atoms with Gasteiger partial charge in [-0.1, -0.05) is 60.1 Å². The summed E-state index contributed by atoms with van der Waals surface area (Å²) in [6.45, 7) is 4.15. The van der Waals surface area contributed by atoms with Gasteiger partial charge in [0.2, 0.25) is 0 Å². The number of pyridine rings is 1. The van der Waals surface area contributed by atoms with Crippen LogP contribution >= 0.6 is 23.4 Å². The Morgan fingerprint density at radius 2 is 1.88 bits per heavy atom. The summed E-state index contributed by atoms with van der Waals surface area (Å²) in [6, 6.07) is 18.0. The second-order valence-electron chi connectivity index (χ2n) is 8.75. The zero-order valence-corrected chi connectivity index (χ0v) is 20.2. The Hall–Kier alpha value is -2.34. The van der Waals surface area contributed by atoms with Crippen LogP contribution in [0, 0.1) is 0 Å². The molecule has 0 N–H and O–H groups in total. The number of benzene rings is 2. The van der Waals surface area contributed by atoms with Gasteiger partial charge in [0.1, 0.15) is 5.37 Å². The molecule has 33 heavy (non-hydrogen) atoms. The number of halogens is 1. The van der Waals surface area contributed by atoms with Crippen LogP contribution in [0.25, 0.3) is 17.0 Å². The van der Waals surface area contributed by atoms with Crippen molar-refractivity contribution in [3.8, 4) is 0 Å². The summed E-state index contributed by atoms with van der Waals surface area (Å²) < 4.78 is 0. The second-order valence-corrected chi connectivity index (χ2v) is 10.3. The number of aromatic nitrogens is 1. The van der Waals surface area contributed by atoms with E-state index in [1.54, 1.807) is 11.8 Å². The lowest BCUT2D eigenvalue weighted by Crippen LogP contribution is -2.34. The molecule has 2 aromatic carbocycles. The maximum atomic E-state index is 13.5. The van der Waals surface area contributed by atoms with Gasteiger partial charge in [0.25, 0.3) is 5.91 Å². The van der Waals surface area contributed by atoms with E-state index in [2.05, 4.69) is 28.1 Å². The molecule has 1 atom stereocenters. The number of hydrogen-bond acceptors (Lipinski definition) is 4. The molecule has 0 saturated carbocycles. The van der Waals surface area contributed by atoms with Gasteiger partial charge in [0.15, 0.2) is 0 Å². The number of para-hydroxylation sites is 1. The third kappa shape index (κ3) is 5.26. The Morgan fingerprint density at radius 3 is 2.73 bits per heavy atom. The second kappa shape index (κ2) is 10.3. The first kappa shape index (κ1) is 22.5. The molecule has 2 aliphatic heterocycles. The van der Waals surface area contributed by atoms with Gasteiger partial charge in [0.05, 0.1) is 10.4 Å². The number of nitrogens with zero attached hydrogens (tertiary/aromatic N) is 3. The summed E-state index contributed by atoms with van der Waals surface area (Å²) in [5.41, 5.74) is 2.98. The zero-order valence-electron chi connectivity index (χ0n) is 18.6. The molecule has 0 aliphatic carbocycles. The first-order valence-corrected chi connectivity index (χ1v) is 12.9. The molecule has 2 aliphatic rings. The normalized spacial score (nSPS) is 20.8. The SMILES string of the molecule is O=C1/C(=C/c2cnc3ccccc3c2)SC(c2cccc(Cl)c2)N1CCCN1CCCCC1. The molecule has 0 spiro atoms. The predicted octanol–water partition coefficient (Wildman–Crippen LogP) is 6.38. The molecule has 2 fully saturated rings. The molecule has 4 nitrogen and oxygen atoms in total. The Balaban J connectivity index is 1.38. The molecule has 2 saturated heterocycles. The first-order chi connectivity index (χ1) is 16.2. The van der Waals surface area contributed by atoms with E-state index in [-0.39, 0.29) is 11.3 Å². The van der Waals surface area contributed by atoms with Crippen molar-refractivity contribution in [3.05, 3.63) is 81.8 Å². The molecule has 1 aromatic heterocycles. The minimum absolute atomic E-state index is 0.0581. The quantitative estimate of drug-likeness (QED) is 0.386. The van der Waals surface area contributed by atoms with E-state index in [9.17, 15) is 4.79 Å². The smallest absolute Gasteiger partial charge is 0.261 e. The topological polar surface area (TPSA) is 36.4 Å². The Kier molecular flexibility index (Phi) is 7.00. The van der Waals surface area contributed by atoms with Crippen molar-refractivity contribution in [2.45, 2.75) is 31.1 Å². The minimum atomic E-state index is -0.0581. The summed E-state index contributed by atoms with van der Waals surface area (Å²) >= 11 is 7.91. The number of hydrogen-bond donors (Lipinski definition) is 0. The van der Waals surface area contributed by atoms with Crippen molar-refractivity contribution in [2.75, 3.05) is 26.2 Å². The van der Waals surface area contributed by atoms with Gasteiger partial charge in [-0.25, -0.2) is 0 Å². The van der Waals surface area contributed by atoms with E-state index in [0.29, 0.717) is 5.02 Å². The molecule has 6 heteroatoms. The molecule has 3 heterocycles. The number of carbonyl (C=O) groups is 1. The van der Waals surface area contributed by atoms with E-state index in [4.69, 9.17) is 11.6 Å². The fourth-order valence-electron chi connectivity index (χ4n) is 4.67. The largest absolute Gasteiger partial charge is 0.322 e. The Morgan fingerprint density at radius 1 is 1.03 bits per heavy atom. The highest BCUT2D eigenvalue weighted by Crippen LogP contribution is 2.46. The highest BCUT2D eigenvalue weighted by Gasteiger charge is 2.37. The van der Waals surface area contributed by atoms with Crippen molar-refractivity contribution >= 4 is 46.2 Å². The van der Waals surface area contributed by atoms with Gasteiger partial charge in [-0.15, -0.1) is 0 Å². The lowest BCUT2D eigenvalue weighted by atomic mass is 10.1. The molecule has 0 radical (unpaired) electrons. The van der Waals surface area contributed by atoms with Crippen LogP contribution in [0.5, 0.6) is 0 Å². The standard InChI is InChI=1S/C27H28ClN3OS/c28-23-10-6-9-22(18-23)27-31(15-7-14-30-12-4-1-5-13-30)26(32)25(33-27)17-20-16-21-8-2-3-11-24(21)29-19-20/h2-3,6,8-11,16-19,27H,1,4-5,7,12-15H2/b25-17-. The van der Waals surface area contributed by atoms with E-state index in [0.717, 1.165) is 46.4 Å². The van der Waals surface area contributed by atoms with Crippen molar-refractivity contribution in [3.63, 3.8) is 0 Å². The molecule has 5 rings (SSSR count). The fraction of sp³-hybridized carbons (Fsp3) is 0.333. The van der Waals surface area contributed by atoms with Crippen molar-refractivity contribution in [1.29, 1.82) is 0 Å². The maximum absolute atomic E-state index is 13.5. The fourth-order valence-corrected chi connectivity index (χ4v) is 6.14. The third-order valence-corrected chi connectivity index (χ3v) is 7.89. The number of thioether (sulfide) groups is 1. The van der Waals surface area contributed by atoms with Gasteiger partial charge < -0.3 is 9.80 Å². The van der Waals surface area contributed by atoms with Crippen LogP contribution in [0.2, 0.25) is 5.02 Å². The van der Waals surface area contributed by atoms with Gasteiger partial charge in [0, 0.05) is 23.2 Å². The highest BCUT2D eigenvalue weighted by molar-refractivity contribution is 8.04. The average molecular weight is 478 g/mol. The number of likely N-dealkylation sites (tertiary alicyclic amines) is 1.